The van der Waals surface area contributed by atoms with Crippen LogP contribution in [0.5, 0.6) is 0 Å². The Morgan fingerprint density at radius 2 is 2.25 bits per heavy atom. The lowest BCUT2D eigenvalue weighted by Gasteiger charge is -2.23. The van der Waals surface area contributed by atoms with Gasteiger partial charge in [0.1, 0.15) is 11.6 Å². The minimum Gasteiger partial charge on any atom is -0.373 e. The fraction of sp³-hybridized carbons (Fsp3) is 0.364. The molecule has 1 saturated heterocycles. The largest absolute Gasteiger partial charge is 0.373 e. The molecule has 0 amide bonds. The number of hydrogen-bond acceptors (Lipinski definition) is 2. The fourth-order valence-corrected chi connectivity index (χ4v) is 2.30. The van der Waals surface area contributed by atoms with Crippen LogP contribution in [-0.2, 0) is 9.53 Å². The van der Waals surface area contributed by atoms with Gasteiger partial charge in [0, 0.05) is 23.4 Å². The fourth-order valence-electron chi connectivity index (χ4n) is 1.67. The second-order valence-electron chi connectivity index (χ2n) is 3.64. The number of carbonyl (C=O) groups excluding carboxylic acids is 1. The van der Waals surface area contributed by atoms with Crippen molar-refractivity contribution in [1.29, 1.82) is 0 Å². The van der Waals surface area contributed by atoms with Crippen molar-refractivity contribution in [1.82, 2.24) is 0 Å². The quantitative estimate of drug-likeness (QED) is 0.740. The highest BCUT2D eigenvalue weighted by atomic mass is 79.9. The third-order valence-electron chi connectivity index (χ3n) is 2.50. The molecule has 1 aromatic rings. The minimum absolute atomic E-state index is 0.146. The van der Waals surface area contributed by atoms with E-state index >= 15 is 0 Å². The summed E-state index contributed by atoms with van der Waals surface area (Å²) in [5.41, 5.74) is 0.656. The molecule has 5 heteroatoms. The maximum Gasteiger partial charge on any atom is 0.138 e. The van der Waals surface area contributed by atoms with E-state index in [4.69, 9.17) is 16.3 Å². The van der Waals surface area contributed by atoms with E-state index in [2.05, 4.69) is 15.9 Å². The molecule has 0 N–H and O–H groups in total. The number of ketones is 1. The van der Waals surface area contributed by atoms with E-state index in [0.29, 0.717) is 34.5 Å². The van der Waals surface area contributed by atoms with Crippen molar-refractivity contribution in [2.24, 2.45) is 0 Å². The Balaban J connectivity index is 2.32. The van der Waals surface area contributed by atoms with Crippen molar-refractivity contribution in [2.45, 2.75) is 18.9 Å². The van der Waals surface area contributed by atoms with E-state index < -0.39 is 5.82 Å². The first kappa shape index (κ1) is 12.0. The van der Waals surface area contributed by atoms with Gasteiger partial charge in [0.2, 0.25) is 0 Å². The van der Waals surface area contributed by atoms with Gasteiger partial charge in [0.05, 0.1) is 17.2 Å². The number of hydrogen-bond donors (Lipinski definition) is 0. The van der Waals surface area contributed by atoms with Crippen molar-refractivity contribution in [3.63, 3.8) is 0 Å². The average Bonchev–Trinajstić information content (AvgIpc) is 2.23. The van der Waals surface area contributed by atoms with Gasteiger partial charge in [-0.15, -0.1) is 0 Å². The molecule has 0 bridgehead atoms. The molecule has 0 spiro atoms. The molecule has 16 heavy (non-hydrogen) atoms. The van der Waals surface area contributed by atoms with E-state index in [1.807, 2.05) is 0 Å². The summed E-state index contributed by atoms with van der Waals surface area (Å²) in [5, 5.41) is 0.292. The molecule has 1 fully saturated rings. The topological polar surface area (TPSA) is 26.3 Å². The second kappa shape index (κ2) is 4.82. The van der Waals surface area contributed by atoms with Crippen molar-refractivity contribution in [3.05, 3.63) is 33.0 Å². The van der Waals surface area contributed by atoms with Crippen LogP contribution in [0.1, 0.15) is 24.5 Å². The number of ether oxygens (including phenoxy) is 1. The van der Waals surface area contributed by atoms with Gasteiger partial charge in [-0.1, -0.05) is 11.6 Å². The first-order chi connectivity index (χ1) is 7.58. The normalized spacial score (nSPS) is 21.2. The van der Waals surface area contributed by atoms with Crippen LogP contribution in [0.3, 0.4) is 0 Å². The van der Waals surface area contributed by atoms with Gasteiger partial charge >= 0.3 is 0 Å². The zero-order valence-corrected chi connectivity index (χ0v) is 10.6. The number of benzene rings is 1. The predicted molar refractivity (Wildman–Crippen MR) is 62.0 cm³/mol. The zero-order chi connectivity index (χ0) is 11.7. The van der Waals surface area contributed by atoms with Gasteiger partial charge in [-0.3, -0.25) is 4.79 Å². The lowest BCUT2D eigenvalue weighted by atomic mass is 10.0. The van der Waals surface area contributed by atoms with Crippen LogP contribution < -0.4 is 0 Å². The molecule has 2 nitrogen and oxygen atoms in total. The summed E-state index contributed by atoms with van der Waals surface area (Å²) in [6.07, 6.45) is 0.388. The van der Waals surface area contributed by atoms with Crippen LogP contribution in [0, 0.1) is 5.82 Å². The van der Waals surface area contributed by atoms with Gasteiger partial charge in [-0.25, -0.2) is 4.39 Å². The first-order valence-corrected chi connectivity index (χ1v) is 6.03. The first-order valence-electron chi connectivity index (χ1n) is 4.85. The number of carbonyl (C=O) groups is 1. The van der Waals surface area contributed by atoms with E-state index in [9.17, 15) is 9.18 Å². The van der Waals surface area contributed by atoms with Crippen LogP contribution >= 0.6 is 27.5 Å². The second-order valence-corrected chi connectivity index (χ2v) is 4.90. The van der Waals surface area contributed by atoms with E-state index in [-0.39, 0.29) is 11.9 Å². The van der Waals surface area contributed by atoms with E-state index in [0.717, 1.165) is 0 Å². The third kappa shape index (κ3) is 2.44. The molecule has 1 unspecified atom stereocenters. The highest BCUT2D eigenvalue weighted by Gasteiger charge is 2.24. The smallest absolute Gasteiger partial charge is 0.138 e. The Hall–Kier alpha value is -0.450. The summed E-state index contributed by atoms with van der Waals surface area (Å²) in [7, 11) is 0. The summed E-state index contributed by atoms with van der Waals surface area (Å²) in [6, 6.07) is 2.80. The Bertz CT molecular complexity index is 436. The molecule has 0 saturated carbocycles. The molecule has 0 aliphatic carbocycles. The van der Waals surface area contributed by atoms with Crippen LogP contribution in [0.25, 0.3) is 0 Å². The van der Waals surface area contributed by atoms with Gasteiger partial charge in [-0.05, 0) is 28.1 Å². The molecule has 1 aromatic carbocycles. The molecular weight excluding hydrogens is 298 g/mol. The molecule has 0 radical (unpaired) electrons. The molecule has 86 valence electrons. The minimum atomic E-state index is -0.420. The van der Waals surface area contributed by atoms with Gasteiger partial charge < -0.3 is 4.74 Å². The molecule has 1 aliphatic rings. The highest BCUT2D eigenvalue weighted by molar-refractivity contribution is 9.10. The van der Waals surface area contributed by atoms with Crippen molar-refractivity contribution >= 4 is 33.3 Å². The van der Waals surface area contributed by atoms with Crippen LogP contribution in [0.15, 0.2) is 16.6 Å². The predicted octanol–water partition coefficient (Wildman–Crippen LogP) is 3.66. The van der Waals surface area contributed by atoms with Gasteiger partial charge in [0.25, 0.3) is 0 Å². The van der Waals surface area contributed by atoms with Crippen LogP contribution in [0.4, 0.5) is 4.39 Å². The summed E-state index contributed by atoms with van der Waals surface area (Å²) >= 11 is 9.02. The van der Waals surface area contributed by atoms with Crippen LogP contribution in [0.2, 0.25) is 5.02 Å². The molecule has 1 atom stereocenters. The zero-order valence-electron chi connectivity index (χ0n) is 8.30. The SMILES string of the molecule is O=C1CCOC(c2cc(Br)c(F)cc2Cl)C1. The van der Waals surface area contributed by atoms with Crippen molar-refractivity contribution in [2.75, 3.05) is 6.61 Å². The summed E-state index contributed by atoms with van der Waals surface area (Å²) in [4.78, 5) is 11.3. The summed E-state index contributed by atoms with van der Waals surface area (Å²) < 4.78 is 19.0. The highest BCUT2D eigenvalue weighted by Crippen LogP contribution is 2.34. The van der Waals surface area contributed by atoms with Crippen molar-refractivity contribution in [3.8, 4) is 0 Å². The lowest BCUT2D eigenvalue weighted by molar-refractivity contribution is -0.128. The molecule has 1 heterocycles. The summed E-state index contributed by atoms with van der Waals surface area (Å²) in [6.45, 7) is 0.398. The van der Waals surface area contributed by atoms with Gasteiger partial charge in [0.15, 0.2) is 0 Å². The molecule has 1 aliphatic heterocycles. The standard InChI is InChI=1S/C11H9BrClFO2/c12-8-4-7(9(13)5-10(8)14)11-3-6(15)1-2-16-11/h4-5,11H,1-3H2. The molecule has 0 aromatic heterocycles. The van der Waals surface area contributed by atoms with E-state index in [1.165, 1.54) is 6.07 Å². The number of halogens is 3. The third-order valence-corrected chi connectivity index (χ3v) is 3.43. The Morgan fingerprint density at radius 1 is 1.50 bits per heavy atom. The monoisotopic (exact) mass is 306 g/mol. The number of Topliss-reactive ketones (excluding diaryl/α,β-unsaturated/α-hetero) is 1. The maximum absolute atomic E-state index is 13.2. The Labute approximate surface area is 106 Å². The Morgan fingerprint density at radius 3 is 2.94 bits per heavy atom. The van der Waals surface area contributed by atoms with Crippen LogP contribution in [-0.4, -0.2) is 12.4 Å². The number of rotatable bonds is 1. The lowest BCUT2D eigenvalue weighted by Crippen LogP contribution is -2.19. The Kier molecular flexibility index (Phi) is 3.62. The maximum atomic E-state index is 13.2. The summed E-state index contributed by atoms with van der Waals surface area (Å²) in [5.74, 6) is -0.274. The average molecular weight is 308 g/mol. The molecular formula is C11H9BrClFO2. The molecule has 2 rings (SSSR count). The van der Waals surface area contributed by atoms with E-state index in [1.54, 1.807) is 6.07 Å². The van der Waals surface area contributed by atoms with Crippen molar-refractivity contribution < 1.29 is 13.9 Å². The van der Waals surface area contributed by atoms with Gasteiger partial charge in [-0.2, -0.15) is 0 Å².